The van der Waals surface area contributed by atoms with E-state index in [9.17, 15) is 4.39 Å². The molecule has 0 fully saturated rings. The Morgan fingerprint density at radius 2 is 2.06 bits per heavy atom. The van der Waals surface area contributed by atoms with Crippen LogP contribution in [0.4, 0.5) is 4.39 Å². The van der Waals surface area contributed by atoms with E-state index >= 15 is 0 Å². The van der Waals surface area contributed by atoms with E-state index in [4.69, 9.17) is 5.73 Å². The maximum Gasteiger partial charge on any atom is 0.123 e. The minimum atomic E-state index is -0.214. The number of hydrogen-bond acceptors (Lipinski definition) is 3. The van der Waals surface area contributed by atoms with E-state index in [2.05, 4.69) is 10.3 Å². The molecule has 0 bridgehead atoms. The van der Waals surface area contributed by atoms with E-state index in [1.165, 1.54) is 12.1 Å². The minimum absolute atomic E-state index is 0.102. The number of aromatic nitrogens is 3. The first-order chi connectivity index (χ1) is 8.15. The van der Waals surface area contributed by atoms with E-state index in [0.717, 1.165) is 17.7 Å². The summed E-state index contributed by atoms with van der Waals surface area (Å²) in [5.74, 6) is -0.214. The van der Waals surface area contributed by atoms with Gasteiger partial charge >= 0.3 is 0 Å². The van der Waals surface area contributed by atoms with E-state index < -0.39 is 0 Å². The lowest BCUT2D eigenvalue weighted by atomic mass is 10.1. The molecule has 5 heteroatoms. The van der Waals surface area contributed by atoms with Crippen molar-refractivity contribution in [1.82, 2.24) is 15.0 Å². The third kappa shape index (κ3) is 3.10. The van der Waals surface area contributed by atoms with Gasteiger partial charge in [-0.05, 0) is 31.0 Å². The van der Waals surface area contributed by atoms with Gasteiger partial charge in [0.15, 0.2) is 0 Å². The molecule has 2 N–H and O–H groups in total. The van der Waals surface area contributed by atoms with Crippen molar-refractivity contribution < 1.29 is 4.39 Å². The number of nitrogens with zero attached hydrogens (tertiary/aromatic N) is 3. The van der Waals surface area contributed by atoms with Crippen LogP contribution in [-0.4, -0.2) is 15.0 Å². The van der Waals surface area contributed by atoms with Crippen LogP contribution in [-0.2, 0) is 13.0 Å². The Labute approximate surface area is 99.2 Å². The van der Waals surface area contributed by atoms with Crippen LogP contribution < -0.4 is 5.73 Å². The van der Waals surface area contributed by atoms with Crippen molar-refractivity contribution in [3.05, 3.63) is 47.5 Å². The van der Waals surface area contributed by atoms with E-state index in [-0.39, 0.29) is 11.9 Å². The Bertz CT molecular complexity index is 476. The summed E-state index contributed by atoms with van der Waals surface area (Å²) in [6.45, 7) is 2.58. The first-order valence-corrected chi connectivity index (χ1v) is 5.55. The first-order valence-electron chi connectivity index (χ1n) is 5.55. The molecule has 1 atom stereocenters. The van der Waals surface area contributed by atoms with Gasteiger partial charge in [-0.25, -0.2) is 4.39 Å². The lowest BCUT2D eigenvalue weighted by molar-refractivity contribution is 0.587. The fourth-order valence-corrected chi connectivity index (χ4v) is 1.53. The first kappa shape index (κ1) is 11.7. The highest BCUT2D eigenvalue weighted by Crippen LogP contribution is 2.06. The summed E-state index contributed by atoms with van der Waals surface area (Å²) >= 11 is 0. The van der Waals surface area contributed by atoms with Crippen molar-refractivity contribution in [1.29, 1.82) is 0 Å². The van der Waals surface area contributed by atoms with E-state index in [1.54, 1.807) is 16.8 Å². The Balaban J connectivity index is 1.95. The number of rotatable bonds is 4. The Morgan fingerprint density at radius 3 is 2.65 bits per heavy atom. The Morgan fingerprint density at radius 1 is 1.35 bits per heavy atom. The second-order valence-electron chi connectivity index (χ2n) is 4.07. The molecule has 17 heavy (non-hydrogen) atoms. The molecule has 0 saturated heterocycles. The van der Waals surface area contributed by atoms with Crippen molar-refractivity contribution in [2.24, 2.45) is 5.73 Å². The van der Waals surface area contributed by atoms with Crippen LogP contribution >= 0.6 is 0 Å². The van der Waals surface area contributed by atoms with Crippen LogP contribution in [0.5, 0.6) is 0 Å². The average molecular weight is 234 g/mol. The molecular formula is C12H15FN4. The second kappa shape index (κ2) is 5.05. The van der Waals surface area contributed by atoms with Gasteiger partial charge in [0.05, 0.1) is 11.9 Å². The molecular weight excluding hydrogens is 219 g/mol. The lowest BCUT2D eigenvalue weighted by Gasteiger charge is -2.01. The fourth-order valence-electron chi connectivity index (χ4n) is 1.53. The van der Waals surface area contributed by atoms with Crippen LogP contribution in [0.1, 0.15) is 24.2 Å². The van der Waals surface area contributed by atoms with Crippen LogP contribution in [0.25, 0.3) is 0 Å². The second-order valence-corrected chi connectivity index (χ2v) is 4.07. The summed E-state index contributed by atoms with van der Waals surface area (Å²) in [6.07, 6.45) is 2.64. The van der Waals surface area contributed by atoms with Gasteiger partial charge < -0.3 is 5.73 Å². The van der Waals surface area contributed by atoms with Gasteiger partial charge in [-0.3, -0.25) is 4.68 Å². The summed E-state index contributed by atoms with van der Waals surface area (Å²) in [5, 5.41) is 7.95. The molecule has 1 unspecified atom stereocenters. The predicted octanol–water partition coefficient (Wildman–Crippen LogP) is 1.68. The number of nitrogens with two attached hydrogens (primary N) is 1. The van der Waals surface area contributed by atoms with Crippen molar-refractivity contribution in [3.8, 4) is 0 Å². The van der Waals surface area contributed by atoms with Crippen LogP contribution in [0.15, 0.2) is 30.5 Å². The molecule has 0 spiro atoms. The molecule has 2 rings (SSSR count). The maximum atomic E-state index is 12.7. The van der Waals surface area contributed by atoms with Gasteiger partial charge in [-0.15, -0.1) is 5.10 Å². The molecule has 1 aromatic heterocycles. The summed E-state index contributed by atoms with van der Waals surface area (Å²) in [5.41, 5.74) is 7.55. The van der Waals surface area contributed by atoms with Crippen LogP contribution in [0.2, 0.25) is 0 Å². The highest BCUT2D eigenvalue weighted by Gasteiger charge is 2.04. The van der Waals surface area contributed by atoms with Gasteiger partial charge in [0, 0.05) is 12.6 Å². The zero-order valence-electron chi connectivity index (χ0n) is 9.68. The summed E-state index contributed by atoms with van der Waals surface area (Å²) in [4.78, 5) is 0. The standard InChI is InChI=1S/C12H15FN4/c1-9(14)12-8-17(16-15-12)7-6-10-2-4-11(13)5-3-10/h2-5,8-9H,6-7,14H2,1H3. The molecule has 2 aromatic rings. The average Bonchev–Trinajstić information content (AvgIpc) is 2.77. The molecule has 0 aliphatic heterocycles. The quantitative estimate of drug-likeness (QED) is 0.875. The van der Waals surface area contributed by atoms with Crippen molar-refractivity contribution in [2.75, 3.05) is 0 Å². The van der Waals surface area contributed by atoms with Gasteiger partial charge in [-0.1, -0.05) is 17.3 Å². The maximum absolute atomic E-state index is 12.7. The predicted molar refractivity (Wildman–Crippen MR) is 62.7 cm³/mol. The number of benzene rings is 1. The lowest BCUT2D eigenvalue weighted by Crippen LogP contribution is -2.05. The fraction of sp³-hybridized carbons (Fsp3) is 0.333. The molecule has 4 nitrogen and oxygen atoms in total. The smallest absolute Gasteiger partial charge is 0.123 e. The zero-order valence-corrected chi connectivity index (χ0v) is 9.68. The molecule has 90 valence electrons. The van der Waals surface area contributed by atoms with Crippen molar-refractivity contribution in [2.45, 2.75) is 25.9 Å². The number of hydrogen-bond donors (Lipinski definition) is 1. The molecule has 0 saturated carbocycles. The Kier molecular flexibility index (Phi) is 3.49. The van der Waals surface area contributed by atoms with Gasteiger partial charge in [0.2, 0.25) is 0 Å². The summed E-state index contributed by atoms with van der Waals surface area (Å²) in [7, 11) is 0. The SMILES string of the molecule is CC(N)c1cn(CCc2ccc(F)cc2)nn1. The molecule has 0 aliphatic carbocycles. The molecule has 1 aromatic carbocycles. The minimum Gasteiger partial charge on any atom is -0.323 e. The highest BCUT2D eigenvalue weighted by molar-refractivity contribution is 5.16. The third-order valence-electron chi connectivity index (χ3n) is 2.57. The van der Waals surface area contributed by atoms with Gasteiger partial charge in [0.25, 0.3) is 0 Å². The zero-order chi connectivity index (χ0) is 12.3. The van der Waals surface area contributed by atoms with Crippen molar-refractivity contribution in [3.63, 3.8) is 0 Å². The topological polar surface area (TPSA) is 56.7 Å². The monoisotopic (exact) mass is 234 g/mol. The number of halogens is 1. The molecule has 0 amide bonds. The van der Waals surface area contributed by atoms with E-state index in [1.807, 2.05) is 13.1 Å². The normalized spacial score (nSPS) is 12.6. The van der Waals surface area contributed by atoms with Gasteiger partial charge in [0.1, 0.15) is 5.82 Å². The molecule has 0 radical (unpaired) electrons. The van der Waals surface area contributed by atoms with Gasteiger partial charge in [-0.2, -0.15) is 0 Å². The third-order valence-corrected chi connectivity index (χ3v) is 2.57. The number of aryl methyl sites for hydroxylation is 2. The summed E-state index contributed by atoms with van der Waals surface area (Å²) < 4.78 is 14.5. The largest absolute Gasteiger partial charge is 0.323 e. The van der Waals surface area contributed by atoms with Crippen LogP contribution in [0.3, 0.4) is 0 Å². The van der Waals surface area contributed by atoms with E-state index in [0.29, 0.717) is 6.54 Å². The molecule has 1 heterocycles. The summed E-state index contributed by atoms with van der Waals surface area (Å²) in [6, 6.07) is 6.38. The Hall–Kier alpha value is -1.75. The molecule has 0 aliphatic rings. The van der Waals surface area contributed by atoms with Crippen LogP contribution in [0, 0.1) is 5.82 Å². The highest BCUT2D eigenvalue weighted by atomic mass is 19.1. The van der Waals surface area contributed by atoms with Crippen molar-refractivity contribution >= 4 is 0 Å².